The molecular weight excluding hydrogens is 390 g/mol. The summed E-state index contributed by atoms with van der Waals surface area (Å²) in [7, 11) is 0. The molecule has 0 radical (unpaired) electrons. The number of carboxylic acid groups (broad SMARTS) is 1. The summed E-state index contributed by atoms with van der Waals surface area (Å²) in [5, 5.41) is 9.87. The van der Waals surface area contributed by atoms with Crippen molar-refractivity contribution in [2.75, 3.05) is 11.9 Å². The van der Waals surface area contributed by atoms with Crippen molar-refractivity contribution in [2.24, 2.45) is 5.92 Å². The lowest BCUT2D eigenvalue weighted by Crippen LogP contribution is -2.32. The Morgan fingerprint density at radius 2 is 2.05 bits per heavy atom. The van der Waals surface area contributed by atoms with Crippen molar-refractivity contribution >= 4 is 43.7 Å². The van der Waals surface area contributed by atoms with Crippen molar-refractivity contribution in [1.29, 1.82) is 0 Å². The van der Waals surface area contributed by atoms with Crippen LogP contribution in [0.5, 0.6) is 0 Å². The third-order valence-corrected chi connectivity index (χ3v) is 4.90. The molecule has 1 aliphatic heterocycles. The van der Waals surface area contributed by atoms with Crippen molar-refractivity contribution in [2.45, 2.75) is 18.9 Å². The van der Waals surface area contributed by atoms with E-state index in [0.717, 1.165) is 15.4 Å². The molecule has 108 valence electrons. The van der Waals surface area contributed by atoms with Gasteiger partial charge in [-0.05, 0) is 23.6 Å². The Bertz CT molecular complexity index is 504. The number of hydrogen-bond acceptors (Lipinski definition) is 2. The van der Waals surface area contributed by atoms with Crippen molar-refractivity contribution in [3.8, 4) is 0 Å². The van der Waals surface area contributed by atoms with Crippen LogP contribution in [0.3, 0.4) is 0 Å². The molecule has 1 N–H and O–H groups in total. The number of carbonyl (C=O) groups excluding carboxylic acids is 1. The van der Waals surface area contributed by atoms with Crippen LogP contribution in [-0.2, 0) is 9.59 Å². The molecule has 0 aromatic heterocycles. The van der Waals surface area contributed by atoms with E-state index >= 15 is 0 Å². The first-order chi connectivity index (χ1) is 9.51. The monoisotopic (exact) mass is 403 g/mol. The number of carbonyl (C=O) groups is 2. The van der Waals surface area contributed by atoms with E-state index in [2.05, 4.69) is 31.9 Å². The molecule has 2 unspecified atom stereocenters. The van der Waals surface area contributed by atoms with E-state index in [1.165, 1.54) is 0 Å². The molecule has 1 heterocycles. The summed E-state index contributed by atoms with van der Waals surface area (Å²) < 4.78 is 0.932. The van der Waals surface area contributed by atoms with Crippen LogP contribution in [0.2, 0.25) is 0 Å². The van der Waals surface area contributed by atoms with Crippen LogP contribution in [0.15, 0.2) is 28.7 Å². The zero-order valence-electron chi connectivity index (χ0n) is 10.8. The summed E-state index contributed by atoms with van der Waals surface area (Å²) in [5.41, 5.74) is 0.860. The second-order valence-corrected chi connectivity index (χ2v) is 6.50. The van der Waals surface area contributed by atoms with E-state index in [0.29, 0.717) is 13.0 Å². The number of hydrogen-bond donors (Lipinski definition) is 1. The molecule has 20 heavy (non-hydrogen) atoms. The number of aliphatic carboxylic acids is 1. The Kier molecular flexibility index (Phi) is 5.21. The fourth-order valence-corrected chi connectivity index (χ4v) is 3.17. The number of alkyl halides is 1. The Balaban J connectivity index is 2.26. The highest BCUT2D eigenvalue weighted by Crippen LogP contribution is 2.32. The number of halogens is 2. The molecule has 0 spiro atoms. The largest absolute Gasteiger partial charge is 0.481 e. The first kappa shape index (κ1) is 15.5. The average Bonchev–Trinajstić information content (AvgIpc) is 2.78. The highest BCUT2D eigenvalue weighted by atomic mass is 79.9. The van der Waals surface area contributed by atoms with Gasteiger partial charge in [-0.3, -0.25) is 9.59 Å². The maximum atomic E-state index is 12.1. The van der Waals surface area contributed by atoms with Crippen molar-refractivity contribution in [1.82, 2.24) is 4.90 Å². The van der Waals surface area contributed by atoms with Gasteiger partial charge < -0.3 is 10.0 Å². The van der Waals surface area contributed by atoms with Gasteiger partial charge in [0.1, 0.15) is 0 Å². The molecule has 1 aromatic carbocycles. The van der Waals surface area contributed by atoms with Crippen molar-refractivity contribution in [3.05, 3.63) is 34.3 Å². The van der Waals surface area contributed by atoms with Crippen LogP contribution in [0.4, 0.5) is 0 Å². The number of likely N-dealkylation sites (tertiary alicyclic amines) is 1. The molecule has 0 saturated carbocycles. The molecule has 0 bridgehead atoms. The van der Waals surface area contributed by atoms with Gasteiger partial charge in [-0.25, -0.2) is 0 Å². The minimum Gasteiger partial charge on any atom is -0.481 e. The third kappa shape index (κ3) is 3.61. The molecule has 1 fully saturated rings. The van der Waals surface area contributed by atoms with E-state index in [1.54, 1.807) is 4.90 Å². The summed E-state index contributed by atoms with van der Waals surface area (Å²) in [6.45, 7) is 0.609. The van der Waals surface area contributed by atoms with Gasteiger partial charge in [0.15, 0.2) is 0 Å². The molecule has 0 aliphatic carbocycles. The molecule has 2 atom stereocenters. The van der Waals surface area contributed by atoms with Crippen LogP contribution in [0.1, 0.15) is 24.4 Å². The SMILES string of the molecule is O=C(O)CC(c1ccc(Br)cc1)N1CC(CBr)CC1=O. The second kappa shape index (κ2) is 6.72. The number of amides is 1. The van der Waals surface area contributed by atoms with Crippen LogP contribution in [0, 0.1) is 5.92 Å². The van der Waals surface area contributed by atoms with Crippen molar-refractivity contribution in [3.63, 3.8) is 0 Å². The molecule has 4 nitrogen and oxygen atoms in total. The zero-order valence-corrected chi connectivity index (χ0v) is 13.9. The summed E-state index contributed by atoms with van der Waals surface area (Å²) in [5.74, 6) is -0.606. The van der Waals surface area contributed by atoms with Crippen LogP contribution in [-0.4, -0.2) is 33.8 Å². The quantitative estimate of drug-likeness (QED) is 0.766. The molecule has 1 aliphatic rings. The van der Waals surface area contributed by atoms with Crippen LogP contribution < -0.4 is 0 Å². The van der Waals surface area contributed by atoms with E-state index in [4.69, 9.17) is 5.11 Å². The summed E-state index contributed by atoms with van der Waals surface area (Å²) >= 11 is 6.75. The maximum Gasteiger partial charge on any atom is 0.305 e. The van der Waals surface area contributed by atoms with E-state index < -0.39 is 12.0 Å². The molecule has 1 amide bonds. The predicted molar refractivity (Wildman–Crippen MR) is 82.7 cm³/mol. The van der Waals surface area contributed by atoms with E-state index in [-0.39, 0.29) is 18.2 Å². The maximum absolute atomic E-state index is 12.1. The Hall–Kier alpha value is -0.880. The van der Waals surface area contributed by atoms with Crippen LogP contribution >= 0.6 is 31.9 Å². The van der Waals surface area contributed by atoms with Gasteiger partial charge in [0.2, 0.25) is 5.91 Å². The first-order valence-electron chi connectivity index (χ1n) is 6.34. The zero-order chi connectivity index (χ0) is 14.7. The molecule has 6 heteroatoms. The molecular formula is C14H15Br2NO3. The second-order valence-electron chi connectivity index (χ2n) is 4.94. The van der Waals surface area contributed by atoms with Gasteiger partial charge in [0.25, 0.3) is 0 Å². The summed E-state index contributed by atoms with van der Waals surface area (Å²) in [4.78, 5) is 24.9. The Morgan fingerprint density at radius 3 is 2.55 bits per heavy atom. The van der Waals surface area contributed by atoms with Crippen LogP contribution in [0.25, 0.3) is 0 Å². The fraction of sp³-hybridized carbons (Fsp3) is 0.429. The summed E-state index contributed by atoms with van der Waals surface area (Å²) in [6, 6.07) is 7.08. The number of nitrogens with zero attached hydrogens (tertiary/aromatic N) is 1. The minimum atomic E-state index is -0.895. The Morgan fingerprint density at radius 1 is 1.40 bits per heavy atom. The normalized spacial score (nSPS) is 20.2. The van der Waals surface area contributed by atoms with E-state index in [9.17, 15) is 9.59 Å². The van der Waals surface area contributed by atoms with Gasteiger partial charge in [-0.15, -0.1) is 0 Å². The van der Waals surface area contributed by atoms with Gasteiger partial charge in [0, 0.05) is 22.8 Å². The molecule has 2 rings (SSSR count). The summed E-state index contributed by atoms with van der Waals surface area (Å²) in [6.07, 6.45) is 0.417. The molecule has 1 aromatic rings. The lowest BCUT2D eigenvalue weighted by Gasteiger charge is -2.27. The predicted octanol–water partition coefficient (Wildman–Crippen LogP) is 3.21. The number of benzene rings is 1. The number of rotatable bonds is 5. The van der Waals surface area contributed by atoms with Gasteiger partial charge >= 0.3 is 5.97 Å². The van der Waals surface area contributed by atoms with Gasteiger partial charge in [-0.2, -0.15) is 0 Å². The molecule has 1 saturated heterocycles. The standard InChI is InChI=1S/C14H15Br2NO3/c15-7-9-5-13(18)17(8-9)12(6-14(19)20)10-1-3-11(16)4-2-10/h1-4,9,12H,5-8H2,(H,19,20). The van der Waals surface area contributed by atoms with E-state index in [1.807, 2.05) is 24.3 Å². The topological polar surface area (TPSA) is 57.6 Å². The fourth-order valence-electron chi connectivity index (χ4n) is 2.47. The Labute approximate surface area is 134 Å². The lowest BCUT2D eigenvalue weighted by atomic mass is 10.0. The number of carboxylic acids is 1. The van der Waals surface area contributed by atoms with Gasteiger partial charge in [0.05, 0.1) is 12.5 Å². The average molecular weight is 405 g/mol. The van der Waals surface area contributed by atoms with Crippen molar-refractivity contribution < 1.29 is 14.7 Å². The third-order valence-electron chi connectivity index (χ3n) is 3.46. The minimum absolute atomic E-state index is 0.0311. The highest BCUT2D eigenvalue weighted by molar-refractivity contribution is 9.10. The van der Waals surface area contributed by atoms with Gasteiger partial charge in [-0.1, -0.05) is 44.0 Å². The smallest absolute Gasteiger partial charge is 0.305 e. The lowest BCUT2D eigenvalue weighted by molar-refractivity contribution is -0.139. The first-order valence-corrected chi connectivity index (χ1v) is 8.25. The highest BCUT2D eigenvalue weighted by Gasteiger charge is 2.35.